The third-order valence-electron chi connectivity index (χ3n) is 4.43. The van der Waals surface area contributed by atoms with Crippen LogP contribution < -0.4 is 5.32 Å². The van der Waals surface area contributed by atoms with Gasteiger partial charge in [-0.25, -0.2) is 5.01 Å². The number of halogens is 1. The quantitative estimate of drug-likeness (QED) is 0.671. The Hall–Kier alpha value is -2.64. The first kappa shape index (κ1) is 21.1. The van der Waals surface area contributed by atoms with Crippen molar-refractivity contribution in [2.24, 2.45) is 5.10 Å². The van der Waals surface area contributed by atoms with Gasteiger partial charge in [-0.15, -0.1) is 5.10 Å². The summed E-state index contributed by atoms with van der Waals surface area (Å²) in [6.07, 6.45) is -1.44. The van der Waals surface area contributed by atoms with E-state index in [0.29, 0.717) is 33.3 Å². The van der Waals surface area contributed by atoms with Gasteiger partial charge in [0, 0.05) is 16.1 Å². The van der Waals surface area contributed by atoms with Crippen LogP contribution in [0.15, 0.2) is 46.4 Å². The van der Waals surface area contributed by atoms with Crippen LogP contribution in [0.4, 0.5) is 5.69 Å². The van der Waals surface area contributed by atoms with Crippen molar-refractivity contribution in [3.63, 3.8) is 0 Å². The van der Waals surface area contributed by atoms with Gasteiger partial charge in [0.15, 0.2) is 6.73 Å². The molecule has 1 aliphatic rings. The van der Waals surface area contributed by atoms with Crippen molar-refractivity contribution >= 4 is 34.3 Å². The van der Waals surface area contributed by atoms with Gasteiger partial charge in [0.2, 0.25) is 5.90 Å². The smallest absolute Gasteiger partial charge is 0.240 e. The van der Waals surface area contributed by atoms with Gasteiger partial charge in [-0.2, -0.15) is 5.26 Å². The molecule has 2 N–H and O–H groups in total. The minimum Gasteiger partial charge on any atom is -0.768 e. The molecule has 3 atom stereocenters. The highest BCUT2D eigenvalue weighted by molar-refractivity contribution is 7.79. The normalized spacial score (nSPS) is 16.4. The number of ether oxygens (including phenoxy) is 1. The molecule has 2 aromatic carbocycles. The first-order chi connectivity index (χ1) is 13.8. The van der Waals surface area contributed by atoms with Crippen molar-refractivity contribution in [3.8, 4) is 6.07 Å². The van der Waals surface area contributed by atoms with E-state index in [1.807, 2.05) is 6.07 Å². The molecule has 0 amide bonds. The topological polar surface area (TPSA) is 121 Å². The lowest BCUT2D eigenvalue weighted by Gasteiger charge is -2.29. The van der Waals surface area contributed by atoms with Crippen LogP contribution in [0.25, 0.3) is 0 Å². The van der Waals surface area contributed by atoms with Gasteiger partial charge in [-0.1, -0.05) is 11.6 Å². The predicted octanol–water partition coefficient (Wildman–Crippen LogP) is 2.53. The Morgan fingerprint density at radius 3 is 2.66 bits per heavy atom. The Balaban J connectivity index is 1.83. The number of aliphatic hydroxyl groups excluding tert-OH is 1. The summed E-state index contributed by atoms with van der Waals surface area (Å²) in [7, 11) is 0. The van der Waals surface area contributed by atoms with Crippen LogP contribution in [-0.4, -0.2) is 43.8 Å². The molecule has 0 fully saturated rings. The Morgan fingerprint density at radius 1 is 1.38 bits per heavy atom. The largest absolute Gasteiger partial charge is 0.768 e. The number of hydrogen-bond acceptors (Lipinski definition) is 8. The summed E-state index contributed by atoms with van der Waals surface area (Å²) in [6, 6.07) is 11.5. The Morgan fingerprint density at radius 2 is 2.07 bits per heavy atom. The highest BCUT2D eigenvalue weighted by Gasteiger charge is 2.29. The maximum atomic E-state index is 11.0. The maximum absolute atomic E-state index is 11.0. The fourth-order valence-electron chi connectivity index (χ4n) is 2.83. The monoisotopic (exact) mass is 433 g/mol. The third-order valence-corrected chi connectivity index (χ3v) is 5.58. The second-order valence-corrected chi connectivity index (χ2v) is 7.74. The van der Waals surface area contributed by atoms with Gasteiger partial charge in [0.05, 0.1) is 16.7 Å². The average molecular weight is 434 g/mol. The number of nitrogens with one attached hydrogen (secondary N) is 1. The molecule has 152 valence electrons. The number of hydrazone groups is 1. The van der Waals surface area contributed by atoms with E-state index in [0.717, 1.165) is 0 Å². The van der Waals surface area contributed by atoms with Crippen molar-refractivity contribution in [2.75, 3.05) is 12.0 Å². The van der Waals surface area contributed by atoms with Crippen molar-refractivity contribution in [1.29, 1.82) is 5.26 Å². The Kier molecular flexibility index (Phi) is 6.39. The van der Waals surface area contributed by atoms with E-state index >= 15 is 0 Å². The van der Waals surface area contributed by atoms with E-state index in [2.05, 4.69) is 10.4 Å². The Labute approximate surface area is 175 Å². The SMILES string of the molecule is Cc1c(N[C@H]([C@H](C)O)N2COC(c3ccc(S(=O)[O-])cc3)=N2)ccc(C#N)c1Cl. The number of benzene rings is 2. The van der Waals surface area contributed by atoms with Crippen LogP contribution in [0.1, 0.15) is 23.6 Å². The van der Waals surface area contributed by atoms with Gasteiger partial charge >= 0.3 is 0 Å². The third kappa shape index (κ3) is 4.52. The Bertz CT molecular complexity index is 1000. The highest BCUT2D eigenvalue weighted by Crippen LogP contribution is 2.28. The molecule has 0 radical (unpaired) electrons. The molecular formula is C19H18ClN4O4S-. The van der Waals surface area contributed by atoms with Crippen LogP contribution in [0.5, 0.6) is 0 Å². The molecule has 2 aromatic rings. The molecular weight excluding hydrogens is 416 g/mol. The summed E-state index contributed by atoms with van der Waals surface area (Å²) in [4.78, 5) is 0.167. The lowest BCUT2D eigenvalue weighted by atomic mass is 10.1. The van der Waals surface area contributed by atoms with E-state index in [1.54, 1.807) is 43.1 Å². The summed E-state index contributed by atoms with van der Waals surface area (Å²) in [5, 5.41) is 28.8. The van der Waals surface area contributed by atoms with Crippen LogP contribution in [0.3, 0.4) is 0 Å². The molecule has 1 heterocycles. The first-order valence-electron chi connectivity index (χ1n) is 8.63. The highest BCUT2D eigenvalue weighted by atomic mass is 35.5. The molecule has 0 spiro atoms. The average Bonchev–Trinajstić information content (AvgIpc) is 3.18. The summed E-state index contributed by atoms with van der Waals surface area (Å²) in [5.41, 5.74) is 2.33. The molecule has 10 heteroatoms. The van der Waals surface area contributed by atoms with E-state index in [-0.39, 0.29) is 11.6 Å². The fourth-order valence-corrected chi connectivity index (χ4v) is 3.39. The first-order valence-corrected chi connectivity index (χ1v) is 10.1. The zero-order chi connectivity index (χ0) is 21.1. The van der Waals surface area contributed by atoms with Gasteiger partial charge in [-0.3, -0.25) is 4.21 Å². The lowest BCUT2D eigenvalue weighted by Crippen LogP contribution is -2.44. The molecule has 1 aliphatic heterocycles. The summed E-state index contributed by atoms with van der Waals surface area (Å²) >= 11 is 3.92. The van der Waals surface area contributed by atoms with Crippen LogP contribution in [-0.2, 0) is 15.8 Å². The molecule has 1 unspecified atom stereocenters. The number of anilines is 1. The van der Waals surface area contributed by atoms with Gasteiger partial charge in [0.1, 0.15) is 12.2 Å². The molecule has 0 aromatic heterocycles. The van der Waals surface area contributed by atoms with Crippen molar-refractivity contribution in [2.45, 2.75) is 31.0 Å². The maximum Gasteiger partial charge on any atom is 0.240 e. The second-order valence-electron chi connectivity index (χ2n) is 6.42. The zero-order valence-corrected chi connectivity index (χ0v) is 17.2. The standard InChI is InChI=1S/C19H19ClN4O4S/c1-11-16(8-5-14(9-21)17(11)20)22-18(12(2)25)24-10-28-19(23-24)13-3-6-15(7-4-13)29(26)27/h3-8,12,18,22,25H,10H2,1-2H3,(H,26,27)/p-1/t12-,18-/m0/s1. The number of nitriles is 1. The van der Waals surface area contributed by atoms with Gasteiger partial charge < -0.3 is 19.7 Å². The lowest BCUT2D eigenvalue weighted by molar-refractivity contribution is 0.0493. The molecule has 0 aliphatic carbocycles. The van der Waals surface area contributed by atoms with E-state index in [4.69, 9.17) is 21.6 Å². The van der Waals surface area contributed by atoms with E-state index in [9.17, 15) is 13.9 Å². The minimum absolute atomic E-state index is 0.0934. The summed E-state index contributed by atoms with van der Waals surface area (Å²) in [6.45, 7) is 3.49. The number of hydrogen-bond donors (Lipinski definition) is 2. The van der Waals surface area contributed by atoms with Gasteiger partial charge in [-0.05, 0) is 66.9 Å². The molecule has 8 nitrogen and oxygen atoms in total. The number of nitrogens with zero attached hydrogens (tertiary/aromatic N) is 3. The van der Waals surface area contributed by atoms with Crippen molar-refractivity contribution < 1.29 is 18.6 Å². The van der Waals surface area contributed by atoms with E-state index < -0.39 is 23.4 Å². The number of aliphatic hydroxyl groups is 1. The number of rotatable bonds is 6. The molecule has 0 saturated heterocycles. The van der Waals surface area contributed by atoms with Crippen LogP contribution in [0.2, 0.25) is 5.02 Å². The minimum atomic E-state index is -2.30. The van der Waals surface area contributed by atoms with Crippen LogP contribution >= 0.6 is 11.6 Å². The summed E-state index contributed by atoms with van der Waals surface area (Å²) < 4.78 is 27.6. The molecule has 0 saturated carbocycles. The zero-order valence-electron chi connectivity index (χ0n) is 15.6. The van der Waals surface area contributed by atoms with Crippen molar-refractivity contribution in [1.82, 2.24) is 5.01 Å². The summed E-state index contributed by atoms with van der Waals surface area (Å²) in [5.74, 6) is 0.315. The van der Waals surface area contributed by atoms with E-state index in [1.165, 1.54) is 12.1 Å². The molecule has 29 heavy (non-hydrogen) atoms. The second kappa shape index (κ2) is 8.80. The fraction of sp³-hybridized carbons (Fsp3) is 0.263. The molecule has 3 rings (SSSR count). The molecule has 0 bridgehead atoms. The van der Waals surface area contributed by atoms with Crippen molar-refractivity contribution in [3.05, 3.63) is 58.1 Å². The van der Waals surface area contributed by atoms with Crippen LogP contribution in [0, 0.1) is 18.3 Å². The predicted molar refractivity (Wildman–Crippen MR) is 108 cm³/mol. The van der Waals surface area contributed by atoms with Gasteiger partial charge in [0.25, 0.3) is 0 Å².